The van der Waals surface area contributed by atoms with Crippen molar-refractivity contribution in [2.45, 2.75) is 19.6 Å². The molecule has 5 rings (SSSR count). The monoisotopic (exact) mass is 458 g/mol. The van der Waals surface area contributed by atoms with Gasteiger partial charge in [0.1, 0.15) is 24.6 Å². The molecule has 0 saturated carbocycles. The van der Waals surface area contributed by atoms with Crippen molar-refractivity contribution < 1.29 is 23.8 Å². The standard InChI is InChI=1S/C25H22N4O5/c1-16-7-6-12-29-13-17(26-23(16)29)14-32-19-9-3-2-8-18(19)24(30)27-28-25(31)22-15-33-20-10-4-5-11-21(20)34-22/h2-13,22H,14-15H2,1H3,(H,27,30)(H,28,31). The molecule has 0 radical (unpaired) electrons. The number of aryl methyl sites for hydroxylation is 1. The molecule has 2 N–H and O–H groups in total. The van der Waals surface area contributed by atoms with Crippen LogP contribution in [-0.4, -0.2) is 33.9 Å². The van der Waals surface area contributed by atoms with Crippen molar-refractivity contribution in [3.8, 4) is 17.2 Å². The molecule has 34 heavy (non-hydrogen) atoms. The number of hydrogen-bond acceptors (Lipinski definition) is 6. The number of aromatic nitrogens is 2. The molecule has 9 heteroatoms. The first-order valence-corrected chi connectivity index (χ1v) is 10.7. The van der Waals surface area contributed by atoms with Gasteiger partial charge in [-0.25, -0.2) is 4.98 Å². The summed E-state index contributed by atoms with van der Waals surface area (Å²) in [4.78, 5) is 29.8. The van der Waals surface area contributed by atoms with Gasteiger partial charge in [-0.05, 0) is 42.8 Å². The van der Waals surface area contributed by atoms with Gasteiger partial charge in [0.05, 0.1) is 11.3 Å². The van der Waals surface area contributed by atoms with E-state index in [0.29, 0.717) is 17.2 Å². The number of nitrogens with zero attached hydrogens (tertiary/aromatic N) is 2. The van der Waals surface area contributed by atoms with Crippen LogP contribution in [0.4, 0.5) is 0 Å². The van der Waals surface area contributed by atoms with Crippen molar-refractivity contribution in [2.24, 2.45) is 0 Å². The number of carbonyl (C=O) groups is 2. The number of ether oxygens (including phenoxy) is 3. The Morgan fingerprint density at radius 2 is 1.85 bits per heavy atom. The number of hydrogen-bond donors (Lipinski definition) is 2. The van der Waals surface area contributed by atoms with Gasteiger partial charge in [-0.3, -0.25) is 20.4 Å². The molecule has 4 aromatic rings. The van der Waals surface area contributed by atoms with Crippen LogP contribution in [0, 0.1) is 6.92 Å². The molecule has 1 aliphatic heterocycles. The van der Waals surface area contributed by atoms with E-state index < -0.39 is 17.9 Å². The second-order valence-electron chi connectivity index (χ2n) is 7.75. The summed E-state index contributed by atoms with van der Waals surface area (Å²) in [5, 5.41) is 0. The van der Waals surface area contributed by atoms with Crippen molar-refractivity contribution in [3.05, 3.63) is 89.9 Å². The van der Waals surface area contributed by atoms with E-state index in [0.717, 1.165) is 16.9 Å². The number of rotatable bonds is 5. The molecular formula is C25H22N4O5. The average molecular weight is 458 g/mol. The highest BCUT2D eigenvalue weighted by atomic mass is 16.6. The van der Waals surface area contributed by atoms with E-state index in [1.807, 2.05) is 41.9 Å². The molecular weight excluding hydrogens is 436 g/mol. The van der Waals surface area contributed by atoms with Crippen molar-refractivity contribution in [3.63, 3.8) is 0 Å². The van der Waals surface area contributed by atoms with Crippen LogP contribution in [0.1, 0.15) is 21.6 Å². The Bertz CT molecular complexity index is 1370. The van der Waals surface area contributed by atoms with Crippen LogP contribution in [0.25, 0.3) is 5.65 Å². The summed E-state index contributed by atoms with van der Waals surface area (Å²) in [6, 6.07) is 17.8. The molecule has 0 spiro atoms. The zero-order valence-electron chi connectivity index (χ0n) is 18.4. The van der Waals surface area contributed by atoms with Crippen LogP contribution in [0.5, 0.6) is 17.2 Å². The van der Waals surface area contributed by atoms with Crippen LogP contribution in [0.3, 0.4) is 0 Å². The highest BCUT2D eigenvalue weighted by Gasteiger charge is 2.27. The van der Waals surface area contributed by atoms with Crippen LogP contribution < -0.4 is 25.1 Å². The number of amides is 2. The maximum atomic E-state index is 12.8. The summed E-state index contributed by atoms with van der Waals surface area (Å²) in [6.45, 7) is 2.21. The van der Waals surface area contributed by atoms with Crippen molar-refractivity contribution in [1.29, 1.82) is 0 Å². The Kier molecular flexibility index (Phi) is 5.73. The van der Waals surface area contributed by atoms with E-state index in [1.54, 1.807) is 42.5 Å². The SMILES string of the molecule is Cc1cccn2cc(COc3ccccc3C(=O)NNC(=O)C3COc4ccccc4O3)nc12. The third-order valence-corrected chi connectivity index (χ3v) is 5.34. The zero-order chi connectivity index (χ0) is 23.5. The topological polar surface area (TPSA) is 103 Å². The molecule has 172 valence electrons. The Morgan fingerprint density at radius 1 is 1.06 bits per heavy atom. The third-order valence-electron chi connectivity index (χ3n) is 5.34. The van der Waals surface area contributed by atoms with Gasteiger partial charge in [0, 0.05) is 12.4 Å². The fourth-order valence-electron chi connectivity index (χ4n) is 3.62. The molecule has 0 aliphatic carbocycles. The number of hydrazine groups is 1. The maximum Gasteiger partial charge on any atom is 0.283 e. The minimum absolute atomic E-state index is 0.0386. The van der Waals surface area contributed by atoms with Crippen LogP contribution >= 0.6 is 0 Å². The van der Waals surface area contributed by atoms with Crippen molar-refractivity contribution >= 4 is 17.5 Å². The maximum absolute atomic E-state index is 12.8. The molecule has 3 heterocycles. The first-order valence-electron chi connectivity index (χ1n) is 10.7. The summed E-state index contributed by atoms with van der Waals surface area (Å²) in [5.41, 5.74) is 7.72. The first-order chi connectivity index (χ1) is 16.6. The van der Waals surface area contributed by atoms with Gasteiger partial charge < -0.3 is 18.6 Å². The van der Waals surface area contributed by atoms with E-state index in [2.05, 4.69) is 15.8 Å². The summed E-state index contributed by atoms with van der Waals surface area (Å²) < 4.78 is 19.0. The van der Waals surface area contributed by atoms with E-state index >= 15 is 0 Å². The number of para-hydroxylation sites is 3. The van der Waals surface area contributed by atoms with Gasteiger partial charge in [-0.15, -0.1) is 0 Å². The number of carbonyl (C=O) groups excluding carboxylic acids is 2. The predicted molar refractivity (Wildman–Crippen MR) is 123 cm³/mol. The number of pyridine rings is 1. The Labute approximate surface area is 195 Å². The summed E-state index contributed by atoms with van der Waals surface area (Å²) in [7, 11) is 0. The average Bonchev–Trinajstić information content (AvgIpc) is 3.30. The number of nitrogens with one attached hydrogen (secondary N) is 2. The molecule has 9 nitrogen and oxygen atoms in total. The lowest BCUT2D eigenvalue weighted by atomic mass is 10.2. The first kappa shape index (κ1) is 21.3. The van der Waals surface area contributed by atoms with Gasteiger partial charge >= 0.3 is 0 Å². The third kappa shape index (κ3) is 4.36. The normalized spacial score (nSPS) is 14.4. The van der Waals surface area contributed by atoms with Gasteiger partial charge in [-0.2, -0.15) is 0 Å². The van der Waals surface area contributed by atoms with Gasteiger partial charge in [0.15, 0.2) is 11.5 Å². The zero-order valence-corrected chi connectivity index (χ0v) is 18.4. The largest absolute Gasteiger partial charge is 0.486 e. The molecule has 2 aromatic heterocycles. The van der Waals surface area contributed by atoms with Crippen LogP contribution in [0.15, 0.2) is 73.1 Å². The van der Waals surface area contributed by atoms with Crippen LogP contribution in [-0.2, 0) is 11.4 Å². The van der Waals surface area contributed by atoms with Crippen molar-refractivity contribution in [1.82, 2.24) is 20.2 Å². The fourth-order valence-corrected chi connectivity index (χ4v) is 3.62. The summed E-state index contributed by atoms with van der Waals surface area (Å²) >= 11 is 0. The van der Waals surface area contributed by atoms with Gasteiger partial charge in [0.2, 0.25) is 6.10 Å². The number of imidazole rings is 1. The highest BCUT2D eigenvalue weighted by Crippen LogP contribution is 2.30. The lowest BCUT2D eigenvalue weighted by molar-refractivity contribution is -0.131. The van der Waals surface area contributed by atoms with Gasteiger partial charge in [0.25, 0.3) is 11.8 Å². The van der Waals surface area contributed by atoms with E-state index in [4.69, 9.17) is 14.2 Å². The number of fused-ring (bicyclic) bond motifs is 2. The molecule has 1 aliphatic rings. The molecule has 1 atom stereocenters. The van der Waals surface area contributed by atoms with E-state index in [1.165, 1.54) is 0 Å². The molecule has 1 unspecified atom stereocenters. The Hall–Kier alpha value is -4.53. The van der Waals surface area contributed by atoms with E-state index in [-0.39, 0.29) is 18.8 Å². The van der Waals surface area contributed by atoms with Crippen molar-refractivity contribution in [2.75, 3.05) is 6.61 Å². The molecule has 0 saturated heterocycles. The number of benzene rings is 2. The summed E-state index contributed by atoms with van der Waals surface area (Å²) in [6.07, 6.45) is 2.92. The molecule has 0 fully saturated rings. The fraction of sp³-hybridized carbons (Fsp3) is 0.160. The lowest BCUT2D eigenvalue weighted by Gasteiger charge is -2.25. The second kappa shape index (κ2) is 9.14. The quantitative estimate of drug-likeness (QED) is 0.446. The highest BCUT2D eigenvalue weighted by molar-refractivity contribution is 5.98. The van der Waals surface area contributed by atoms with Crippen LogP contribution in [0.2, 0.25) is 0 Å². The van der Waals surface area contributed by atoms with Gasteiger partial charge in [-0.1, -0.05) is 30.3 Å². The predicted octanol–water partition coefficient (Wildman–Crippen LogP) is 2.82. The molecule has 0 bridgehead atoms. The minimum Gasteiger partial charge on any atom is -0.486 e. The molecule has 2 aromatic carbocycles. The molecule has 2 amide bonds. The second-order valence-corrected chi connectivity index (χ2v) is 7.75. The lowest BCUT2D eigenvalue weighted by Crippen LogP contribution is -2.50. The smallest absolute Gasteiger partial charge is 0.283 e. The summed E-state index contributed by atoms with van der Waals surface area (Å²) in [5.74, 6) is 0.367. The van der Waals surface area contributed by atoms with E-state index in [9.17, 15) is 9.59 Å². The Morgan fingerprint density at radius 3 is 2.71 bits per heavy atom. The Balaban J connectivity index is 1.21. The minimum atomic E-state index is -0.889.